The Bertz CT molecular complexity index is 825. The van der Waals surface area contributed by atoms with Gasteiger partial charge in [-0.25, -0.2) is 13.1 Å². The Kier molecular flexibility index (Phi) is 7.24. The van der Waals surface area contributed by atoms with E-state index < -0.39 is 10.0 Å². The predicted octanol–water partition coefficient (Wildman–Crippen LogP) is 2.93. The van der Waals surface area contributed by atoms with Gasteiger partial charge in [0.15, 0.2) is 0 Å². The molecule has 0 bridgehead atoms. The molecule has 2 aromatic carbocycles. The van der Waals surface area contributed by atoms with Crippen molar-refractivity contribution in [2.45, 2.75) is 30.6 Å². The topological polar surface area (TPSA) is 52.6 Å². The van der Waals surface area contributed by atoms with Gasteiger partial charge in [-0.15, -0.1) is 0 Å². The lowest BCUT2D eigenvalue weighted by Crippen LogP contribution is -2.44. The Labute approximate surface area is 163 Å². The smallest absolute Gasteiger partial charge is 0.241 e. The van der Waals surface area contributed by atoms with Crippen LogP contribution in [0.4, 0.5) is 0 Å². The monoisotopic (exact) mass is 389 g/mol. The van der Waals surface area contributed by atoms with Crippen molar-refractivity contribution in [3.63, 3.8) is 0 Å². The van der Waals surface area contributed by atoms with Gasteiger partial charge in [-0.3, -0.25) is 0 Å². The van der Waals surface area contributed by atoms with E-state index in [-0.39, 0.29) is 0 Å². The molecule has 148 valence electrons. The number of likely N-dealkylation sites (N-methyl/N-ethyl adjacent to an activating group) is 1. The minimum atomic E-state index is -3.46. The molecule has 2 aromatic rings. The molecule has 0 spiro atoms. The van der Waals surface area contributed by atoms with Crippen molar-refractivity contribution in [3.8, 4) is 0 Å². The highest BCUT2D eigenvalue weighted by Gasteiger charge is 2.16. The van der Waals surface area contributed by atoms with Gasteiger partial charge in [0.1, 0.15) is 0 Å². The molecule has 0 aliphatic carbocycles. The molecule has 1 N–H and O–H groups in total. The largest absolute Gasteiger partial charge is 0.304 e. The van der Waals surface area contributed by atoms with Gasteiger partial charge < -0.3 is 9.80 Å². The van der Waals surface area contributed by atoms with Crippen LogP contribution in [0.1, 0.15) is 25.7 Å². The molecule has 0 atom stereocenters. The van der Waals surface area contributed by atoms with Gasteiger partial charge in [-0.1, -0.05) is 49.2 Å². The second-order valence-electron chi connectivity index (χ2n) is 7.43. The van der Waals surface area contributed by atoms with Crippen molar-refractivity contribution in [2.24, 2.45) is 0 Å². The summed E-state index contributed by atoms with van der Waals surface area (Å²) in [6.07, 6.45) is 4.29. The number of hydrogen-bond acceptors (Lipinski definition) is 4. The highest BCUT2D eigenvalue weighted by atomic mass is 32.2. The van der Waals surface area contributed by atoms with E-state index in [0.717, 1.165) is 49.7 Å². The normalized spacial score (nSPS) is 16.8. The zero-order chi connectivity index (χ0) is 19.1. The van der Waals surface area contributed by atoms with Crippen LogP contribution >= 0.6 is 0 Å². The van der Waals surface area contributed by atoms with Crippen LogP contribution in [0.5, 0.6) is 0 Å². The number of fused-ring (bicyclic) bond motifs is 1. The number of piperazine rings is 1. The van der Waals surface area contributed by atoms with E-state index in [0.29, 0.717) is 11.4 Å². The number of hydrogen-bond donors (Lipinski definition) is 1. The van der Waals surface area contributed by atoms with E-state index in [4.69, 9.17) is 0 Å². The molecule has 0 aromatic heterocycles. The first-order valence-corrected chi connectivity index (χ1v) is 11.4. The molecule has 27 heavy (non-hydrogen) atoms. The summed E-state index contributed by atoms with van der Waals surface area (Å²) in [5, 5.41) is 1.73. The van der Waals surface area contributed by atoms with E-state index in [1.807, 2.05) is 30.3 Å². The molecule has 1 saturated heterocycles. The van der Waals surface area contributed by atoms with Crippen molar-refractivity contribution in [1.29, 1.82) is 0 Å². The Hall–Kier alpha value is -1.47. The molecule has 5 nitrogen and oxygen atoms in total. The Morgan fingerprint density at radius 3 is 2.41 bits per heavy atom. The molecule has 1 aliphatic heterocycles. The van der Waals surface area contributed by atoms with Gasteiger partial charge in [0.2, 0.25) is 10.0 Å². The minimum Gasteiger partial charge on any atom is -0.304 e. The summed E-state index contributed by atoms with van der Waals surface area (Å²) in [4.78, 5) is 5.28. The van der Waals surface area contributed by atoms with Gasteiger partial charge in [0.25, 0.3) is 0 Å². The quantitative estimate of drug-likeness (QED) is 0.670. The average molecular weight is 390 g/mol. The highest BCUT2D eigenvalue weighted by Crippen LogP contribution is 2.22. The highest BCUT2D eigenvalue weighted by molar-refractivity contribution is 7.89. The van der Waals surface area contributed by atoms with E-state index in [1.165, 1.54) is 19.5 Å². The number of sulfonamides is 1. The van der Waals surface area contributed by atoms with E-state index in [2.05, 4.69) is 21.6 Å². The Morgan fingerprint density at radius 2 is 1.59 bits per heavy atom. The molecule has 0 saturated carbocycles. The first-order valence-electron chi connectivity index (χ1n) is 9.94. The first-order chi connectivity index (χ1) is 13.1. The predicted molar refractivity (Wildman–Crippen MR) is 112 cm³/mol. The van der Waals surface area contributed by atoms with Gasteiger partial charge in [0.05, 0.1) is 4.90 Å². The van der Waals surface area contributed by atoms with Crippen LogP contribution in [0, 0.1) is 0 Å². The third-order valence-corrected chi connectivity index (χ3v) is 6.85. The fourth-order valence-corrected chi connectivity index (χ4v) is 4.90. The molecule has 1 fully saturated rings. The molecular weight excluding hydrogens is 358 g/mol. The molecule has 3 rings (SSSR count). The van der Waals surface area contributed by atoms with Crippen LogP contribution in [0.15, 0.2) is 47.4 Å². The Balaban J connectivity index is 1.38. The zero-order valence-electron chi connectivity index (χ0n) is 16.2. The molecular formula is C21H31N3O2S. The second kappa shape index (κ2) is 9.64. The van der Waals surface area contributed by atoms with Gasteiger partial charge in [0, 0.05) is 38.1 Å². The van der Waals surface area contributed by atoms with Gasteiger partial charge in [-0.2, -0.15) is 0 Å². The maximum Gasteiger partial charge on any atom is 0.241 e. The van der Waals surface area contributed by atoms with Crippen LogP contribution < -0.4 is 4.72 Å². The van der Waals surface area contributed by atoms with Crippen molar-refractivity contribution < 1.29 is 8.42 Å². The second-order valence-corrected chi connectivity index (χ2v) is 9.17. The molecule has 0 unspecified atom stereocenters. The zero-order valence-corrected chi connectivity index (χ0v) is 17.0. The Morgan fingerprint density at radius 1 is 0.889 bits per heavy atom. The van der Waals surface area contributed by atoms with Crippen LogP contribution in [-0.2, 0) is 10.0 Å². The number of unbranched alkanes of at least 4 members (excludes halogenated alkanes) is 3. The summed E-state index contributed by atoms with van der Waals surface area (Å²) in [7, 11) is -1.29. The fourth-order valence-electron chi connectivity index (χ4n) is 3.60. The average Bonchev–Trinajstić information content (AvgIpc) is 2.68. The van der Waals surface area contributed by atoms with Gasteiger partial charge >= 0.3 is 0 Å². The lowest BCUT2D eigenvalue weighted by molar-refractivity contribution is 0.152. The van der Waals surface area contributed by atoms with E-state index in [9.17, 15) is 8.42 Å². The standard InChI is InChI=1S/C21H31N3O2S/c1-23-15-17-24(18-16-23)14-7-3-2-6-13-22-27(25,26)21-12-8-10-19-9-4-5-11-20(19)21/h4-5,8-12,22H,2-3,6-7,13-18H2,1H3. The van der Waals surface area contributed by atoms with Crippen LogP contribution in [0.25, 0.3) is 10.8 Å². The minimum absolute atomic E-state index is 0.371. The van der Waals surface area contributed by atoms with Crippen molar-refractivity contribution in [3.05, 3.63) is 42.5 Å². The summed E-state index contributed by atoms with van der Waals surface area (Å²) < 4.78 is 28.1. The number of rotatable bonds is 9. The summed E-state index contributed by atoms with van der Waals surface area (Å²) >= 11 is 0. The third-order valence-electron chi connectivity index (χ3n) is 5.33. The first kappa shape index (κ1) is 20.3. The van der Waals surface area contributed by atoms with Crippen molar-refractivity contribution in [2.75, 3.05) is 46.3 Å². The number of nitrogens with zero attached hydrogens (tertiary/aromatic N) is 2. The molecule has 1 heterocycles. The third kappa shape index (κ3) is 5.75. The molecule has 1 aliphatic rings. The van der Waals surface area contributed by atoms with Crippen LogP contribution in [0.2, 0.25) is 0 Å². The summed E-state index contributed by atoms with van der Waals surface area (Å²) in [6, 6.07) is 13.0. The summed E-state index contributed by atoms with van der Waals surface area (Å²) in [5.41, 5.74) is 0. The molecule has 6 heteroatoms. The van der Waals surface area contributed by atoms with E-state index >= 15 is 0 Å². The van der Waals surface area contributed by atoms with Crippen LogP contribution in [-0.4, -0.2) is 64.5 Å². The lowest BCUT2D eigenvalue weighted by Gasteiger charge is -2.32. The van der Waals surface area contributed by atoms with E-state index in [1.54, 1.807) is 12.1 Å². The lowest BCUT2D eigenvalue weighted by atomic mass is 10.1. The van der Waals surface area contributed by atoms with Crippen molar-refractivity contribution in [1.82, 2.24) is 14.5 Å². The maximum atomic E-state index is 12.6. The maximum absolute atomic E-state index is 12.6. The number of nitrogens with one attached hydrogen (secondary N) is 1. The SMILES string of the molecule is CN1CCN(CCCCCCNS(=O)(=O)c2cccc3ccccc23)CC1. The molecule has 0 amide bonds. The van der Waals surface area contributed by atoms with Crippen molar-refractivity contribution >= 4 is 20.8 Å². The molecule has 0 radical (unpaired) electrons. The summed E-state index contributed by atoms with van der Waals surface area (Å²) in [5.74, 6) is 0. The fraction of sp³-hybridized carbons (Fsp3) is 0.524. The van der Waals surface area contributed by atoms with Crippen LogP contribution in [0.3, 0.4) is 0 Å². The van der Waals surface area contributed by atoms with Gasteiger partial charge in [-0.05, 0) is 37.9 Å². The summed E-state index contributed by atoms with van der Waals surface area (Å²) in [6.45, 7) is 6.32. The number of benzene rings is 2.